The van der Waals surface area contributed by atoms with E-state index in [0.29, 0.717) is 37.5 Å². The van der Waals surface area contributed by atoms with Crippen molar-refractivity contribution in [1.82, 2.24) is 10.2 Å². The molecule has 2 aliphatic heterocycles. The fourth-order valence-electron chi connectivity index (χ4n) is 3.68. The number of hydrogen-bond donors (Lipinski definition) is 2. The number of hydrogen-bond acceptors (Lipinski definition) is 4. The molecule has 2 aromatic rings. The van der Waals surface area contributed by atoms with Crippen LogP contribution in [0.2, 0.25) is 5.02 Å². The van der Waals surface area contributed by atoms with E-state index in [1.807, 2.05) is 36.4 Å². The number of anilines is 1. The highest BCUT2D eigenvalue weighted by Gasteiger charge is 2.37. The van der Waals surface area contributed by atoms with Crippen molar-refractivity contribution in [3.8, 4) is 0 Å². The van der Waals surface area contributed by atoms with Crippen molar-refractivity contribution in [3.63, 3.8) is 0 Å². The van der Waals surface area contributed by atoms with Gasteiger partial charge in [-0.25, -0.2) is 0 Å². The minimum Gasteiger partial charge on any atom is -0.352 e. The number of piperidine rings is 1. The molecule has 0 aliphatic carbocycles. The second kappa shape index (κ2) is 9.10. The lowest BCUT2D eigenvalue weighted by atomic mass is 9.95. The van der Waals surface area contributed by atoms with E-state index in [4.69, 9.17) is 11.6 Å². The van der Waals surface area contributed by atoms with E-state index in [1.54, 1.807) is 17.0 Å². The average molecular weight is 444 g/mol. The molecule has 30 heavy (non-hydrogen) atoms. The van der Waals surface area contributed by atoms with Crippen LogP contribution in [-0.4, -0.2) is 41.0 Å². The highest BCUT2D eigenvalue weighted by Crippen LogP contribution is 2.36. The zero-order valence-corrected chi connectivity index (χ0v) is 17.8. The largest absolute Gasteiger partial charge is 0.352 e. The highest BCUT2D eigenvalue weighted by molar-refractivity contribution is 8.01. The molecule has 1 saturated heterocycles. The van der Waals surface area contributed by atoms with Gasteiger partial charge in [-0.1, -0.05) is 35.9 Å². The molecule has 0 bridgehead atoms. The molecule has 0 spiro atoms. The van der Waals surface area contributed by atoms with Gasteiger partial charge in [0, 0.05) is 35.5 Å². The first-order chi connectivity index (χ1) is 14.5. The van der Waals surface area contributed by atoms with E-state index in [-0.39, 0.29) is 23.6 Å². The van der Waals surface area contributed by atoms with E-state index >= 15 is 0 Å². The first-order valence-electron chi connectivity index (χ1n) is 9.89. The molecular formula is C22H22ClN3O3S. The number of likely N-dealkylation sites (tertiary alicyclic amines) is 1. The fourth-order valence-corrected chi connectivity index (χ4v) is 4.88. The Morgan fingerprint density at radius 2 is 1.80 bits per heavy atom. The molecule has 2 aromatic carbocycles. The van der Waals surface area contributed by atoms with E-state index in [2.05, 4.69) is 10.6 Å². The lowest BCUT2D eigenvalue weighted by Crippen LogP contribution is -2.49. The molecule has 2 N–H and O–H groups in total. The van der Waals surface area contributed by atoms with Crippen molar-refractivity contribution in [2.45, 2.75) is 29.5 Å². The van der Waals surface area contributed by atoms with Gasteiger partial charge < -0.3 is 15.5 Å². The number of fused-ring (bicyclic) bond motifs is 1. The summed E-state index contributed by atoms with van der Waals surface area (Å²) in [5.41, 5.74) is 1.73. The molecule has 0 unspecified atom stereocenters. The summed E-state index contributed by atoms with van der Waals surface area (Å²) in [7, 11) is 0. The van der Waals surface area contributed by atoms with Crippen molar-refractivity contribution >= 4 is 46.8 Å². The summed E-state index contributed by atoms with van der Waals surface area (Å²) in [6.07, 6.45) is 1.18. The summed E-state index contributed by atoms with van der Waals surface area (Å²) < 4.78 is 0. The van der Waals surface area contributed by atoms with E-state index < -0.39 is 5.25 Å². The van der Waals surface area contributed by atoms with Gasteiger partial charge in [-0.2, -0.15) is 0 Å². The summed E-state index contributed by atoms with van der Waals surface area (Å²) in [4.78, 5) is 40.4. The number of para-hydroxylation sites is 1. The van der Waals surface area contributed by atoms with Gasteiger partial charge in [-0.05, 0) is 42.7 Å². The molecule has 0 saturated carbocycles. The van der Waals surface area contributed by atoms with Crippen molar-refractivity contribution in [1.29, 1.82) is 0 Å². The number of halogens is 1. The van der Waals surface area contributed by atoms with Crippen molar-refractivity contribution < 1.29 is 14.4 Å². The van der Waals surface area contributed by atoms with Gasteiger partial charge >= 0.3 is 0 Å². The van der Waals surface area contributed by atoms with Crippen LogP contribution < -0.4 is 10.6 Å². The topological polar surface area (TPSA) is 78.5 Å². The first kappa shape index (κ1) is 20.8. The van der Waals surface area contributed by atoms with Gasteiger partial charge in [0.2, 0.25) is 17.7 Å². The van der Waals surface area contributed by atoms with Crippen LogP contribution in [0.15, 0.2) is 53.4 Å². The Kier molecular flexibility index (Phi) is 6.29. The summed E-state index contributed by atoms with van der Waals surface area (Å²) in [5, 5.41) is 5.65. The second-order valence-electron chi connectivity index (χ2n) is 7.43. The predicted octanol–water partition coefficient (Wildman–Crippen LogP) is 3.31. The quantitative estimate of drug-likeness (QED) is 0.710. The second-order valence-corrected chi connectivity index (χ2v) is 9.01. The van der Waals surface area contributed by atoms with Crippen molar-refractivity contribution in [2.75, 3.05) is 18.4 Å². The molecule has 0 radical (unpaired) electrons. The van der Waals surface area contributed by atoms with E-state index in [9.17, 15) is 14.4 Å². The predicted molar refractivity (Wildman–Crippen MR) is 117 cm³/mol. The summed E-state index contributed by atoms with van der Waals surface area (Å²) in [6.45, 7) is 1.40. The lowest BCUT2D eigenvalue weighted by molar-refractivity contribution is -0.137. The molecular weight excluding hydrogens is 422 g/mol. The van der Waals surface area contributed by atoms with Gasteiger partial charge in [-0.15, -0.1) is 11.8 Å². The van der Waals surface area contributed by atoms with Crippen LogP contribution in [0, 0.1) is 5.92 Å². The van der Waals surface area contributed by atoms with Crippen LogP contribution in [0.25, 0.3) is 0 Å². The minimum atomic E-state index is -0.782. The van der Waals surface area contributed by atoms with Crippen LogP contribution in [0.3, 0.4) is 0 Å². The van der Waals surface area contributed by atoms with Gasteiger partial charge in [0.05, 0.1) is 5.69 Å². The van der Waals surface area contributed by atoms with Crippen LogP contribution in [0.1, 0.15) is 18.4 Å². The SMILES string of the molecule is O=C(NCc1ccc(Cl)cc1)C1CCN(C(=O)[C@@H]2Sc3ccccc3NC2=O)CC1. The van der Waals surface area contributed by atoms with Gasteiger partial charge in [0.1, 0.15) is 0 Å². The van der Waals surface area contributed by atoms with E-state index in [0.717, 1.165) is 16.1 Å². The Bertz CT molecular complexity index is 958. The third-order valence-corrected chi connectivity index (χ3v) is 6.92. The van der Waals surface area contributed by atoms with Gasteiger partial charge in [0.15, 0.2) is 5.25 Å². The van der Waals surface area contributed by atoms with Crippen LogP contribution in [-0.2, 0) is 20.9 Å². The van der Waals surface area contributed by atoms with E-state index in [1.165, 1.54) is 11.8 Å². The lowest BCUT2D eigenvalue weighted by Gasteiger charge is -2.34. The molecule has 8 heteroatoms. The Labute approximate surface area is 184 Å². The Balaban J connectivity index is 1.28. The summed E-state index contributed by atoms with van der Waals surface area (Å²) in [6, 6.07) is 14.8. The Hall–Kier alpha value is -2.51. The van der Waals surface area contributed by atoms with Gasteiger partial charge in [-0.3, -0.25) is 14.4 Å². The molecule has 1 atom stereocenters. The maximum atomic E-state index is 12.9. The smallest absolute Gasteiger partial charge is 0.247 e. The first-order valence-corrected chi connectivity index (χ1v) is 11.1. The average Bonchev–Trinajstić information content (AvgIpc) is 2.77. The van der Waals surface area contributed by atoms with Crippen LogP contribution in [0.4, 0.5) is 5.69 Å². The normalized spacial score (nSPS) is 19.0. The molecule has 6 nitrogen and oxygen atoms in total. The standard InChI is InChI=1S/C22H22ClN3O3S/c23-16-7-5-14(6-8-16)13-24-20(27)15-9-11-26(12-10-15)22(29)19-21(28)25-17-3-1-2-4-18(17)30-19/h1-8,15,19H,9-13H2,(H,24,27)(H,25,28)/t19-/m1/s1. The Morgan fingerprint density at radius 3 is 2.53 bits per heavy atom. The number of thioether (sulfide) groups is 1. The van der Waals surface area contributed by atoms with Crippen molar-refractivity contribution in [3.05, 3.63) is 59.1 Å². The third kappa shape index (κ3) is 4.63. The third-order valence-electron chi connectivity index (χ3n) is 5.41. The Morgan fingerprint density at radius 1 is 1.10 bits per heavy atom. The zero-order valence-electron chi connectivity index (χ0n) is 16.3. The molecule has 0 aromatic heterocycles. The monoisotopic (exact) mass is 443 g/mol. The maximum Gasteiger partial charge on any atom is 0.247 e. The van der Waals surface area contributed by atoms with Crippen LogP contribution in [0.5, 0.6) is 0 Å². The molecule has 2 aliphatic rings. The number of carbonyl (C=O) groups is 3. The number of carbonyl (C=O) groups excluding carboxylic acids is 3. The molecule has 1 fully saturated rings. The molecule has 4 rings (SSSR count). The van der Waals surface area contributed by atoms with Gasteiger partial charge in [0.25, 0.3) is 0 Å². The fraction of sp³-hybridized carbons (Fsp3) is 0.318. The number of nitrogens with one attached hydrogen (secondary N) is 2. The number of rotatable bonds is 4. The molecule has 2 heterocycles. The number of nitrogens with zero attached hydrogens (tertiary/aromatic N) is 1. The van der Waals surface area contributed by atoms with Crippen molar-refractivity contribution in [2.24, 2.45) is 5.92 Å². The number of benzene rings is 2. The highest BCUT2D eigenvalue weighted by atomic mass is 35.5. The summed E-state index contributed by atoms with van der Waals surface area (Å²) >= 11 is 7.17. The molecule has 156 valence electrons. The zero-order chi connectivity index (χ0) is 21.1. The minimum absolute atomic E-state index is 0.00393. The summed E-state index contributed by atoms with van der Waals surface area (Å²) in [5.74, 6) is -0.607. The van der Waals surface area contributed by atoms with Crippen LogP contribution >= 0.6 is 23.4 Å². The number of amides is 3. The maximum absolute atomic E-state index is 12.9. The molecule has 3 amide bonds.